The number of hydrogen-bond donors (Lipinski definition) is 0. The van der Waals surface area contributed by atoms with Crippen LogP contribution < -0.4 is 0 Å². The van der Waals surface area contributed by atoms with E-state index in [4.69, 9.17) is 21.0 Å². The van der Waals surface area contributed by atoms with E-state index >= 15 is 0 Å². The molecule has 0 aromatic carbocycles. The van der Waals surface area contributed by atoms with Crippen LogP contribution in [0, 0.1) is 45.3 Å². The summed E-state index contributed by atoms with van der Waals surface area (Å²) in [5, 5.41) is 35.7. The van der Waals surface area contributed by atoms with Crippen LogP contribution in [0.3, 0.4) is 0 Å². The SMILES string of the molecule is Cn1c(N=C(C#N)C#N)cc2sc3c(sc4cc(N=C(C#N)C#N)n(C)c43)c21. The molecular formula is C18H8N8S2. The molecule has 10 heteroatoms. The van der Waals surface area contributed by atoms with E-state index in [1.807, 2.05) is 35.4 Å². The fraction of sp³-hybridized carbons (Fsp3) is 0.111. The normalized spacial score (nSPS) is 10.4. The largest absolute Gasteiger partial charge is 0.327 e. The molecule has 4 aromatic heterocycles. The quantitative estimate of drug-likeness (QED) is 0.467. The molecule has 4 heterocycles. The second-order valence-electron chi connectivity index (χ2n) is 5.78. The van der Waals surface area contributed by atoms with Crippen LogP contribution >= 0.6 is 22.7 Å². The molecule has 0 spiro atoms. The summed E-state index contributed by atoms with van der Waals surface area (Å²) in [7, 11) is 3.71. The van der Waals surface area contributed by atoms with Gasteiger partial charge in [-0.15, -0.1) is 22.7 Å². The Morgan fingerprint density at radius 2 is 1.11 bits per heavy atom. The maximum Gasteiger partial charge on any atom is 0.219 e. The molecule has 0 aliphatic heterocycles. The van der Waals surface area contributed by atoms with Gasteiger partial charge in [-0.2, -0.15) is 21.0 Å². The van der Waals surface area contributed by atoms with Gasteiger partial charge in [0.25, 0.3) is 0 Å². The predicted octanol–water partition coefficient (Wildman–Crippen LogP) is 4.19. The highest BCUT2D eigenvalue weighted by molar-refractivity contribution is 7.36. The molecule has 0 saturated carbocycles. The average Bonchev–Trinajstić information content (AvgIpc) is 3.37. The fourth-order valence-corrected chi connectivity index (χ4v) is 5.91. The van der Waals surface area contributed by atoms with E-state index in [0.717, 1.165) is 29.8 Å². The molecule has 4 aromatic rings. The molecule has 0 unspecified atom stereocenters. The second kappa shape index (κ2) is 6.33. The number of aromatic nitrogens is 2. The van der Waals surface area contributed by atoms with Crippen molar-refractivity contribution >= 4 is 75.6 Å². The van der Waals surface area contributed by atoms with Crippen molar-refractivity contribution in [3.8, 4) is 24.3 Å². The lowest BCUT2D eigenvalue weighted by atomic mass is 10.4. The topological polar surface area (TPSA) is 130 Å². The number of rotatable bonds is 2. The zero-order chi connectivity index (χ0) is 20.0. The Morgan fingerprint density at radius 1 is 0.750 bits per heavy atom. The van der Waals surface area contributed by atoms with Crippen molar-refractivity contribution in [2.75, 3.05) is 0 Å². The first-order valence-electron chi connectivity index (χ1n) is 7.80. The molecule has 28 heavy (non-hydrogen) atoms. The van der Waals surface area contributed by atoms with Crippen molar-refractivity contribution in [2.24, 2.45) is 24.1 Å². The van der Waals surface area contributed by atoms with E-state index in [9.17, 15) is 0 Å². The van der Waals surface area contributed by atoms with Gasteiger partial charge in [0.1, 0.15) is 35.9 Å². The first-order chi connectivity index (χ1) is 13.5. The number of aryl methyl sites for hydroxylation is 2. The van der Waals surface area contributed by atoms with E-state index in [1.54, 1.807) is 47.0 Å². The van der Waals surface area contributed by atoms with E-state index in [-0.39, 0.29) is 11.4 Å². The summed E-state index contributed by atoms with van der Waals surface area (Å²) in [6.07, 6.45) is 0. The van der Waals surface area contributed by atoms with Gasteiger partial charge in [0, 0.05) is 26.2 Å². The first kappa shape index (κ1) is 17.5. The molecule has 4 rings (SSSR count). The summed E-state index contributed by atoms with van der Waals surface area (Å²) in [5.41, 5.74) is 1.62. The number of thiophene rings is 2. The molecule has 8 nitrogen and oxygen atoms in total. The number of fused-ring (bicyclic) bond motifs is 5. The summed E-state index contributed by atoms with van der Waals surface area (Å²) in [6.45, 7) is 0. The fourth-order valence-electron chi connectivity index (χ4n) is 3.03. The molecule has 0 aliphatic rings. The van der Waals surface area contributed by atoms with E-state index < -0.39 is 0 Å². The Hall–Kier alpha value is -3.96. The second-order valence-corrected chi connectivity index (χ2v) is 7.88. The lowest BCUT2D eigenvalue weighted by molar-refractivity contribution is 0.968. The maximum absolute atomic E-state index is 8.94. The van der Waals surface area contributed by atoms with Crippen molar-refractivity contribution in [1.29, 1.82) is 21.0 Å². The minimum Gasteiger partial charge on any atom is -0.327 e. The van der Waals surface area contributed by atoms with Gasteiger partial charge in [-0.25, -0.2) is 9.98 Å². The third-order valence-corrected chi connectivity index (χ3v) is 6.68. The zero-order valence-corrected chi connectivity index (χ0v) is 16.2. The third-order valence-electron chi connectivity index (χ3n) is 4.28. The number of hydrogen-bond acceptors (Lipinski definition) is 8. The zero-order valence-electron chi connectivity index (χ0n) is 14.5. The lowest BCUT2D eigenvalue weighted by Crippen LogP contribution is -1.91. The van der Waals surface area contributed by atoms with Gasteiger partial charge < -0.3 is 9.13 Å². The van der Waals surface area contributed by atoms with Crippen molar-refractivity contribution in [1.82, 2.24) is 9.13 Å². The Bertz CT molecular complexity index is 1370. The smallest absolute Gasteiger partial charge is 0.219 e. The molecule has 0 atom stereocenters. The summed E-state index contributed by atoms with van der Waals surface area (Å²) in [6, 6.07) is 10.8. The molecule has 0 aliphatic carbocycles. The van der Waals surface area contributed by atoms with Crippen LogP contribution in [0.25, 0.3) is 29.8 Å². The monoisotopic (exact) mass is 400 g/mol. The number of nitrogens with zero attached hydrogens (tertiary/aromatic N) is 8. The molecule has 0 fully saturated rings. The Labute approximate surface area is 166 Å². The van der Waals surface area contributed by atoms with Gasteiger partial charge in [-0.3, -0.25) is 0 Å². The highest BCUT2D eigenvalue weighted by Gasteiger charge is 2.20. The van der Waals surface area contributed by atoms with Gasteiger partial charge in [0.05, 0.1) is 29.8 Å². The molecule has 0 amide bonds. The molecule has 132 valence electrons. The van der Waals surface area contributed by atoms with Crippen LogP contribution in [0.15, 0.2) is 22.1 Å². The Kier molecular flexibility index (Phi) is 3.95. The molecular weight excluding hydrogens is 392 g/mol. The van der Waals surface area contributed by atoms with E-state index in [1.165, 1.54) is 0 Å². The van der Waals surface area contributed by atoms with Crippen LogP contribution in [0.4, 0.5) is 11.6 Å². The molecule has 0 bridgehead atoms. The third kappa shape index (κ3) is 2.38. The summed E-state index contributed by atoms with van der Waals surface area (Å²) >= 11 is 3.18. The van der Waals surface area contributed by atoms with Gasteiger partial charge in [-0.1, -0.05) is 0 Å². The van der Waals surface area contributed by atoms with Crippen LogP contribution in [0.5, 0.6) is 0 Å². The number of aliphatic imine (C=N–C) groups is 2. The molecule has 0 N–H and O–H groups in total. The average molecular weight is 400 g/mol. The minimum atomic E-state index is -0.186. The van der Waals surface area contributed by atoms with Crippen molar-refractivity contribution < 1.29 is 0 Å². The van der Waals surface area contributed by atoms with Crippen molar-refractivity contribution in [2.45, 2.75) is 0 Å². The number of nitriles is 4. The highest BCUT2D eigenvalue weighted by atomic mass is 32.1. The maximum atomic E-state index is 8.94. The van der Waals surface area contributed by atoms with E-state index in [0.29, 0.717) is 11.6 Å². The van der Waals surface area contributed by atoms with Gasteiger partial charge in [0.2, 0.25) is 11.4 Å². The summed E-state index contributed by atoms with van der Waals surface area (Å²) in [5.74, 6) is 1.10. The van der Waals surface area contributed by atoms with Gasteiger partial charge in [0.15, 0.2) is 0 Å². The molecule has 0 radical (unpaired) electrons. The summed E-state index contributed by atoms with van der Waals surface area (Å²) < 4.78 is 7.91. The van der Waals surface area contributed by atoms with Crippen molar-refractivity contribution in [3.05, 3.63) is 12.1 Å². The summed E-state index contributed by atoms with van der Waals surface area (Å²) in [4.78, 5) is 8.24. The van der Waals surface area contributed by atoms with Crippen molar-refractivity contribution in [3.63, 3.8) is 0 Å². The Morgan fingerprint density at radius 3 is 1.43 bits per heavy atom. The van der Waals surface area contributed by atoms with Gasteiger partial charge >= 0.3 is 0 Å². The minimum absolute atomic E-state index is 0.186. The van der Waals surface area contributed by atoms with Crippen LogP contribution in [-0.2, 0) is 14.1 Å². The highest BCUT2D eigenvalue weighted by Crippen LogP contribution is 2.47. The van der Waals surface area contributed by atoms with E-state index in [2.05, 4.69) is 9.98 Å². The molecule has 0 saturated heterocycles. The van der Waals surface area contributed by atoms with Crippen LogP contribution in [-0.4, -0.2) is 20.6 Å². The first-order valence-corrected chi connectivity index (χ1v) is 9.43. The van der Waals surface area contributed by atoms with Crippen LogP contribution in [0.2, 0.25) is 0 Å². The predicted molar refractivity (Wildman–Crippen MR) is 109 cm³/mol. The van der Waals surface area contributed by atoms with Gasteiger partial charge in [-0.05, 0) is 0 Å². The van der Waals surface area contributed by atoms with Crippen LogP contribution in [0.1, 0.15) is 0 Å². The standard InChI is InChI=1S/C18H8N8S2/c1-25-13(23-9(5-19)6-20)3-11-15(25)17-18(27-11)16-12(28-17)4-14(26(16)2)24-10(7-21)8-22/h3-4H,1-2H3. The lowest BCUT2D eigenvalue weighted by Gasteiger charge is -1.98. The Balaban J connectivity index is 1.97.